The van der Waals surface area contributed by atoms with Crippen LogP contribution in [0.1, 0.15) is 37.7 Å². The molecule has 0 bridgehead atoms. The zero-order valence-electron chi connectivity index (χ0n) is 15.9. The van der Waals surface area contributed by atoms with Crippen LogP contribution in [0.15, 0.2) is 36.7 Å². The van der Waals surface area contributed by atoms with E-state index in [0.717, 1.165) is 28.4 Å². The number of anilines is 1. The molecule has 6 nitrogen and oxygen atoms in total. The molecule has 0 aliphatic heterocycles. The molecule has 0 saturated heterocycles. The van der Waals surface area contributed by atoms with Crippen LogP contribution in [0.25, 0.3) is 21.4 Å². The smallest absolute Gasteiger partial charge is 0.215 e. The first kappa shape index (κ1) is 17.4. The maximum absolute atomic E-state index is 5.25. The zero-order valence-corrected chi connectivity index (χ0v) is 16.7. The van der Waals surface area contributed by atoms with Crippen molar-refractivity contribution in [3.05, 3.63) is 42.2 Å². The number of imidazole rings is 1. The molecule has 144 valence electrons. The normalized spacial score (nSPS) is 15.3. The van der Waals surface area contributed by atoms with E-state index in [0.29, 0.717) is 11.9 Å². The van der Waals surface area contributed by atoms with Crippen molar-refractivity contribution in [1.82, 2.24) is 19.5 Å². The van der Waals surface area contributed by atoms with E-state index in [1.54, 1.807) is 18.4 Å². The number of methoxy groups -OCH3 is 1. The molecule has 1 aromatic carbocycles. The van der Waals surface area contributed by atoms with Crippen molar-refractivity contribution in [1.29, 1.82) is 0 Å². The monoisotopic (exact) mass is 393 g/mol. The lowest BCUT2D eigenvalue weighted by Gasteiger charge is -2.22. The van der Waals surface area contributed by atoms with Gasteiger partial charge in [0.1, 0.15) is 5.52 Å². The minimum atomic E-state index is 0.576. The molecule has 3 aromatic heterocycles. The Kier molecular flexibility index (Phi) is 4.60. The van der Waals surface area contributed by atoms with E-state index in [1.807, 2.05) is 18.5 Å². The topological polar surface area (TPSA) is 64.9 Å². The van der Waals surface area contributed by atoms with Crippen LogP contribution in [0.2, 0.25) is 0 Å². The maximum Gasteiger partial charge on any atom is 0.215 e. The quantitative estimate of drug-likeness (QED) is 0.525. The Morgan fingerprint density at radius 1 is 1.11 bits per heavy atom. The summed E-state index contributed by atoms with van der Waals surface area (Å²) in [6.45, 7) is 0.718. The molecule has 1 aliphatic carbocycles. The summed E-state index contributed by atoms with van der Waals surface area (Å²) in [7, 11) is 1.63. The number of rotatable bonds is 5. The number of nitrogens with zero attached hydrogens (tertiary/aromatic N) is 4. The molecule has 5 rings (SSSR count). The number of fused-ring (bicyclic) bond motifs is 2. The molecule has 0 amide bonds. The Morgan fingerprint density at radius 3 is 2.82 bits per heavy atom. The summed E-state index contributed by atoms with van der Waals surface area (Å²) in [5.74, 6) is 0.602. The van der Waals surface area contributed by atoms with Gasteiger partial charge in [-0.2, -0.15) is 4.98 Å². The summed E-state index contributed by atoms with van der Waals surface area (Å²) in [5.41, 5.74) is 3.98. The lowest BCUT2D eigenvalue weighted by atomic mass is 9.96. The number of ether oxygens (including phenoxy) is 1. The van der Waals surface area contributed by atoms with Gasteiger partial charge in [0.2, 0.25) is 5.88 Å². The fourth-order valence-corrected chi connectivity index (χ4v) is 4.91. The van der Waals surface area contributed by atoms with Crippen molar-refractivity contribution in [3.63, 3.8) is 0 Å². The number of benzene rings is 1. The lowest BCUT2D eigenvalue weighted by molar-refractivity contribution is 0.399. The van der Waals surface area contributed by atoms with E-state index in [1.165, 1.54) is 42.4 Å². The predicted molar refractivity (Wildman–Crippen MR) is 113 cm³/mol. The Bertz CT molecular complexity index is 1110. The standard InChI is InChI=1S/C21H23N5OS/c1-27-19-10-9-17-20(25-19)26(13-22-17)12-14-7-8-16-18(11-14)28-21(24-16)23-15-5-3-2-4-6-15/h7-11,13,15H,2-6,12H2,1H3,(H,23,24). The summed E-state index contributed by atoms with van der Waals surface area (Å²) in [6, 6.07) is 10.8. The third kappa shape index (κ3) is 3.42. The number of hydrogen-bond donors (Lipinski definition) is 1. The van der Waals surface area contributed by atoms with Gasteiger partial charge in [-0.3, -0.25) is 0 Å². The molecule has 0 spiro atoms. The molecule has 4 aromatic rings. The van der Waals surface area contributed by atoms with Crippen LogP contribution in [-0.2, 0) is 6.54 Å². The highest BCUT2D eigenvalue weighted by molar-refractivity contribution is 7.22. The molecule has 0 radical (unpaired) electrons. The van der Waals surface area contributed by atoms with E-state index >= 15 is 0 Å². The molecule has 0 atom stereocenters. The van der Waals surface area contributed by atoms with E-state index in [9.17, 15) is 0 Å². The highest BCUT2D eigenvalue weighted by Crippen LogP contribution is 2.30. The van der Waals surface area contributed by atoms with Crippen molar-refractivity contribution in [2.75, 3.05) is 12.4 Å². The SMILES string of the molecule is COc1ccc2ncn(Cc3ccc4nc(NC5CCCCC5)sc4c3)c2n1. The molecule has 0 unspecified atom stereocenters. The number of aromatic nitrogens is 4. The van der Waals surface area contributed by atoms with Crippen LogP contribution in [0.3, 0.4) is 0 Å². The van der Waals surface area contributed by atoms with Gasteiger partial charge in [0.15, 0.2) is 10.8 Å². The first-order valence-corrected chi connectivity index (χ1v) is 10.6. The molecule has 1 N–H and O–H groups in total. The minimum Gasteiger partial charge on any atom is -0.481 e. The van der Waals surface area contributed by atoms with Crippen LogP contribution in [0.4, 0.5) is 5.13 Å². The van der Waals surface area contributed by atoms with Gasteiger partial charge in [-0.1, -0.05) is 36.7 Å². The summed E-state index contributed by atoms with van der Waals surface area (Å²) in [4.78, 5) is 13.8. The number of pyridine rings is 1. The minimum absolute atomic E-state index is 0.576. The Balaban J connectivity index is 1.39. The Labute approximate surface area is 167 Å². The maximum atomic E-state index is 5.25. The second-order valence-corrected chi connectivity index (χ2v) is 8.40. The third-order valence-corrected chi connectivity index (χ3v) is 6.33. The predicted octanol–water partition coefficient (Wildman–Crippen LogP) is 4.84. The van der Waals surface area contributed by atoms with Gasteiger partial charge in [0.25, 0.3) is 0 Å². The van der Waals surface area contributed by atoms with Gasteiger partial charge in [0.05, 0.1) is 30.2 Å². The van der Waals surface area contributed by atoms with Crippen LogP contribution >= 0.6 is 11.3 Å². The Morgan fingerprint density at radius 2 is 1.96 bits per heavy atom. The number of nitrogens with one attached hydrogen (secondary N) is 1. The largest absolute Gasteiger partial charge is 0.481 e. The van der Waals surface area contributed by atoms with Crippen molar-refractivity contribution in [2.24, 2.45) is 0 Å². The molecule has 1 fully saturated rings. The average molecular weight is 394 g/mol. The highest BCUT2D eigenvalue weighted by Gasteiger charge is 2.15. The second kappa shape index (κ2) is 7.39. The van der Waals surface area contributed by atoms with E-state index in [2.05, 4.69) is 38.1 Å². The average Bonchev–Trinajstić information content (AvgIpc) is 3.31. The Hall–Kier alpha value is -2.67. The summed E-state index contributed by atoms with van der Waals surface area (Å²) >= 11 is 1.74. The van der Waals surface area contributed by atoms with Crippen LogP contribution in [-0.4, -0.2) is 32.7 Å². The molecule has 3 heterocycles. The van der Waals surface area contributed by atoms with Crippen LogP contribution in [0, 0.1) is 0 Å². The molecule has 1 saturated carbocycles. The summed E-state index contributed by atoms with van der Waals surface area (Å²) < 4.78 is 8.52. The van der Waals surface area contributed by atoms with E-state index < -0.39 is 0 Å². The van der Waals surface area contributed by atoms with Gasteiger partial charge >= 0.3 is 0 Å². The third-order valence-electron chi connectivity index (χ3n) is 5.38. The van der Waals surface area contributed by atoms with Gasteiger partial charge in [0, 0.05) is 12.1 Å². The van der Waals surface area contributed by atoms with Crippen LogP contribution in [0.5, 0.6) is 5.88 Å². The number of thiazole rings is 1. The molecule has 7 heteroatoms. The van der Waals surface area contributed by atoms with E-state index in [4.69, 9.17) is 9.72 Å². The first-order chi connectivity index (χ1) is 13.8. The molecule has 28 heavy (non-hydrogen) atoms. The van der Waals surface area contributed by atoms with Gasteiger partial charge in [-0.05, 0) is 36.6 Å². The second-order valence-electron chi connectivity index (χ2n) is 7.37. The van der Waals surface area contributed by atoms with Crippen molar-refractivity contribution >= 4 is 37.8 Å². The fraction of sp³-hybridized carbons (Fsp3) is 0.381. The zero-order chi connectivity index (χ0) is 18.9. The fourth-order valence-electron chi connectivity index (χ4n) is 3.90. The van der Waals surface area contributed by atoms with E-state index in [-0.39, 0.29) is 0 Å². The summed E-state index contributed by atoms with van der Waals surface area (Å²) in [5, 5.41) is 4.68. The molecular formula is C21H23N5OS. The van der Waals surface area contributed by atoms with Crippen molar-refractivity contribution < 1.29 is 4.74 Å². The lowest BCUT2D eigenvalue weighted by Crippen LogP contribution is -2.21. The highest BCUT2D eigenvalue weighted by atomic mass is 32.1. The molecule has 1 aliphatic rings. The first-order valence-electron chi connectivity index (χ1n) is 9.80. The van der Waals surface area contributed by atoms with Crippen LogP contribution < -0.4 is 10.1 Å². The number of hydrogen-bond acceptors (Lipinski definition) is 6. The molecular weight excluding hydrogens is 370 g/mol. The van der Waals surface area contributed by atoms with Crippen molar-refractivity contribution in [3.8, 4) is 5.88 Å². The van der Waals surface area contributed by atoms with Crippen molar-refractivity contribution in [2.45, 2.75) is 44.7 Å². The van der Waals surface area contributed by atoms with Gasteiger partial charge < -0.3 is 14.6 Å². The summed E-state index contributed by atoms with van der Waals surface area (Å²) in [6.07, 6.45) is 8.36. The van der Waals surface area contributed by atoms with Gasteiger partial charge in [-0.25, -0.2) is 9.97 Å². The van der Waals surface area contributed by atoms with Gasteiger partial charge in [-0.15, -0.1) is 0 Å².